The van der Waals surface area contributed by atoms with Crippen molar-refractivity contribution in [2.45, 2.75) is 37.7 Å². The molecule has 160 valence electrons. The van der Waals surface area contributed by atoms with Crippen molar-refractivity contribution in [3.63, 3.8) is 0 Å². The molecule has 31 heavy (non-hydrogen) atoms. The molecule has 2 N–H and O–H groups in total. The summed E-state index contributed by atoms with van der Waals surface area (Å²) in [5.41, 5.74) is 4.03. The highest BCUT2D eigenvalue weighted by molar-refractivity contribution is 6.35. The number of hydrogen-bond acceptors (Lipinski definition) is 6. The zero-order chi connectivity index (χ0) is 21.8. The number of tetrazole rings is 1. The summed E-state index contributed by atoms with van der Waals surface area (Å²) in [6, 6.07) is 16.1. The molecule has 0 radical (unpaired) electrons. The number of carbonyl (C=O) groups is 1. The molecule has 8 nitrogen and oxygen atoms in total. The van der Waals surface area contributed by atoms with Crippen LogP contribution in [0.2, 0.25) is 0 Å². The molecule has 3 aromatic rings. The smallest absolute Gasteiger partial charge is 0.349 e. The molecule has 2 heterocycles. The molecule has 0 saturated heterocycles. The second-order valence-corrected chi connectivity index (χ2v) is 8.17. The number of nitrogens with zero attached hydrogens (tertiary/aromatic N) is 5. The van der Waals surface area contributed by atoms with Gasteiger partial charge in [-0.1, -0.05) is 73.5 Å². The van der Waals surface area contributed by atoms with E-state index in [4.69, 9.17) is 11.6 Å². The lowest BCUT2D eigenvalue weighted by atomic mass is 9.98. The van der Waals surface area contributed by atoms with Gasteiger partial charge in [0.1, 0.15) is 5.84 Å². The van der Waals surface area contributed by atoms with E-state index in [9.17, 15) is 9.90 Å². The third-order valence-corrected chi connectivity index (χ3v) is 5.68. The van der Waals surface area contributed by atoms with Gasteiger partial charge in [0.2, 0.25) is 5.00 Å². The van der Waals surface area contributed by atoms with Crippen molar-refractivity contribution in [1.29, 1.82) is 0 Å². The molecule has 0 spiro atoms. The van der Waals surface area contributed by atoms with Gasteiger partial charge in [-0.2, -0.15) is 0 Å². The van der Waals surface area contributed by atoms with Gasteiger partial charge in [-0.3, -0.25) is 0 Å². The first kappa shape index (κ1) is 21.0. The molecule has 0 fully saturated rings. The fourth-order valence-corrected chi connectivity index (χ4v) is 3.93. The average molecular weight is 439 g/mol. The zero-order valence-electron chi connectivity index (χ0n) is 17.1. The number of rotatable bonds is 8. The van der Waals surface area contributed by atoms with Crippen LogP contribution >= 0.6 is 11.6 Å². The van der Waals surface area contributed by atoms with Gasteiger partial charge in [0.15, 0.2) is 5.82 Å². The molecule has 0 saturated carbocycles. The fraction of sp³-hybridized carbons (Fsp3) is 0.318. The van der Waals surface area contributed by atoms with Gasteiger partial charge in [0.05, 0.1) is 6.54 Å². The first-order valence-corrected chi connectivity index (χ1v) is 10.6. The molecule has 0 bridgehead atoms. The number of aromatic nitrogens is 4. The largest absolute Gasteiger partial charge is 0.478 e. The molecular weight excluding hydrogens is 416 g/mol. The van der Waals surface area contributed by atoms with E-state index in [0.29, 0.717) is 12.4 Å². The zero-order valence-corrected chi connectivity index (χ0v) is 17.9. The number of nitrogens with one attached hydrogen (secondary N) is 1. The number of unbranched alkanes of at least 4 members (excludes halogenated alkanes) is 1. The Morgan fingerprint density at radius 1 is 1.19 bits per heavy atom. The van der Waals surface area contributed by atoms with Crippen LogP contribution in [-0.2, 0) is 11.3 Å². The highest BCUT2D eigenvalue weighted by atomic mass is 35.5. The van der Waals surface area contributed by atoms with Gasteiger partial charge in [-0.15, -0.1) is 5.10 Å². The minimum Gasteiger partial charge on any atom is -0.478 e. The monoisotopic (exact) mass is 438 g/mol. The van der Waals surface area contributed by atoms with Gasteiger partial charge in [0.25, 0.3) is 0 Å². The number of alkyl halides is 1. The van der Waals surface area contributed by atoms with Crippen LogP contribution in [-0.4, -0.2) is 54.0 Å². The van der Waals surface area contributed by atoms with Crippen LogP contribution in [0.15, 0.2) is 53.5 Å². The molecular formula is C22H23ClN6O2. The van der Waals surface area contributed by atoms with E-state index in [1.807, 2.05) is 53.4 Å². The molecule has 1 unspecified atom stereocenters. The molecule has 1 aliphatic rings. The number of H-pyrrole nitrogens is 1. The summed E-state index contributed by atoms with van der Waals surface area (Å²) in [5.74, 6) is 0.256. The van der Waals surface area contributed by atoms with E-state index in [1.165, 1.54) is 0 Å². The quantitative estimate of drug-likeness (QED) is 0.407. The maximum atomic E-state index is 11.6. The summed E-state index contributed by atoms with van der Waals surface area (Å²) in [6.45, 7) is 2.81. The van der Waals surface area contributed by atoms with Crippen molar-refractivity contribution in [2.75, 3.05) is 6.54 Å². The van der Waals surface area contributed by atoms with E-state index >= 15 is 0 Å². The normalized spacial score (nSPS) is 18.3. The summed E-state index contributed by atoms with van der Waals surface area (Å²) >= 11 is 6.26. The topological polar surface area (TPSA) is 107 Å². The molecule has 0 amide bonds. The van der Waals surface area contributed by atoms with E-state index in [-0.39, 0.29) is 6.54 Å². The standard InChI is InChI=1S/C22H23ClN6O2/c1-2-3-8-19-24-22(23,21(30)31)14-29(19)13-15-9-11-16(12-10-15)17-6-4-5-7-18(17)20-25-27-28-26-20/h4-7,9-12H,2-3,8,13-14H2,1H3,(H,30,31)(H,25,26,27,28). The first-order chi connectivity index (χ1) is 15.0. The van der Waals surface area contributed by atoms with E-state index in [0.717, 1.165) is 47.4 Å². The van der Waals surface area contributed by atoms with E-state index in [1.54, 1.807) is 0 Å². The first-order valence-electron chi connectivity index (χ1n) is 10.2. The summed E-state index contributed by atoms with van der Waals surface area (Å²) in [7, 11) is 0. The number of amidine groups is 1. The third kappa shape index (κ3) is 4.44. The van der Waals surface area contributed by atoms with Crippen LogP contribution in [0.25, 0.3) is 22.5 Å². The average Bonchev–Trinajstić information content (AvgIpc) is 3.42. The SMILES string of the molecule is CCCCC1=NC(Cl)(C(=O)O)CN1Cc1ccc(-c2ccccc2-c2nnn[nH]2)cc1. The molecule has 0 aliphatic carbocycles. The Kier molecular flexibility index (Phi) is 5.99. The third-order valence-electron chi connectivity index (χ3n) is 5.32. The van der Waals surface area contributed by atoms with Gasteiger partial charge in [-0.25, -0.2) is 14.9 Å². The number of aliphatic imine (C=N–C) groups is 1. The number of carboxylic acid groups (broad SMARTS) is 1. The lowest BCUT2D eigenvalue weighted by Gasteiger charge is -2.22. The minimum atomic E-state index is -1.60. The number of halogens is 1. The Morgan fingerprint density at radius 2 is 1.94 bits per heavy atom. The molecule has 1 atom stereocenters. The fourth-order valence-electron chi connectivity index (χ4n) is 3.69. The van der Waals surface area contributed by atoms with Gasteiger partial charge in [-0.05, 0) is 33.5 Å². The van der Waals surface area contributed by atoms with Crippen LogP contribution in [0.1, 0.15) is 31.7 Å². The second-order valence-electron chi connectivity index (χ2n) is 7.54. The van der Waals surface area contributed by atoms with Crippen LogP contribution in [0.4, 0.5) is 0 Å². The molecule has 2 aromatic carbocycles. The van der Waals surface area contributed by atoms with E-state index in [2.05, 4.69) is 32.5 Å². The van der Waals surface area contributed by atoms with Crippen molar-refractivity contribution in [1.82, 2.24) is 25.5 Å². The molecule has 1 aromatic heterocycles. The minimum absolute atomic E-state index is 0.159. The van der Waals surface area contributed by atoms with Gasteiger partial charge in [0, 0.05) is 18.5 Å². The number of benzene rings is 2. The summed E-state index contributed by atoms with van der Waals surface area (Å²) in [6.07, 6.45) is 2.66. The van der Waals surface area contributed by atoms with Crippen molar-refractivity contribution in [3.8, 4) is 22.5 Å². The maximum absolute atomic E-state index is 11.6. The summed E-state index contributed by atoms with van der Waals surface area (Å²) < 4.78 is 0. The Morgan fingerprint density at radius 3 is 2.58 bits per heavy atom. The highest BCUT2D eigenvalue weighted by Crippen LogP contribution is 2.31. The van der Waals surface area contributed by atoms with Crippen molar-refractivity contribution in [3.05, 3.63) is 54.1 Å². The predicted octanol–water partition coefficient (Wildman–Crippen LogP) is 3.96. The Hall–Kier alpha value is -3.26. The van der Waals surface area contributed by atoms with Crippen LogP contribution in [0.5, 0.6) is 0 Å². The van der Waals surface area contributed by atoms with Crippen LogP contribution < -0.4 is 0 Å². The Labute approximate surface area is 185 Å². The maximum Gasteiger partial charge on any atom is 0.349 e. The summed E-state index contributed by atoms with van der Waals surface area (Å²) in [5, 5.41) is 23.6. The van der Waals surface area contributed by atoms with Crippen molar-refractivity contribution in [2.24, 2.45) is 4.99 Å². The highest BCUT2D eigenvalue weighted by Gasteiger charge is 2.44. The van der Waals surface area contributed by atoms with Gasteiger partial charge >= 0.3 is 5.97 Å². The lowest BCUT2D eigenvalue weighted by molar-refractivity contribution is -0.139. The molecule has 1 aliphatic heterocycles. The number of aliphatic carboxylic acids is 1. The number of aromatic amines is 1. The van der Waals surface area contributed by atoms with Gasteiger partial charge < -0.3 is 10.0 Å². The number of hydrogen-bond donors (Lipinski definition) is 2. The summed E-state index contributed by atoms with van der Waals surface area (Å²) in [4.78, 5) is 16.3. The molecule has 4 rings (SSSR count). The van der Waals surface area contributed by atoms with Crippen molar-refractivity contribution < 1.29 is 9.90 Å². The Bertz CT molecular complexity index is 1080. The molecule has 9 heteroatoms. The van der Waals surface area contributed by atoms with Crippen molar-refractivity contribution >= 4 is 23.4 Å². The lowest BCUT2D eigenvalue weighted by Crippen LogP contribution is -2.37. The van der Waals surface area contributed by atoms with Crippen LogP contribution in [0, 0.1) is 0 Å². The van der Waals surface area contributed by atoms with E-state index < -0.39 is 11.0 Å². The Balaban J connectivity index is 1.55. The predicted molar refractivity (Wildman–Crippen MR) is 119 cm³/mol. The van der Waals surface area contributed by atoms with Crippen LogP contribution in [0.3, 0.4) is 0 Å². The second kappa shape index (κ2) is 8.85. The number of carboxylic acids is 1.